The van der Waals surface area contributed by atoms with Gasteiger partial charge in [-0.15, -0.1) is 0 Å². The van der Waals surface area contributed by atoms with Crippen LogP contribution in [0.1, 0.15) is 98.8 Å². The van der Waals surface area contributed by atoms with Gasteiger partial charge in [-0.05, 0) is 90.7 Å². The second-order valence-corrected chi connectivity index (χ2v) is 14.9. The molecule has 0 aliphatic carbocycles. The zero-order valence-corrected chi connectivity index (χ0v) is 33.5. The maximum absolute atomic E-state index is 14.0. The van der Waals surface area contributed by atoms with Crippen molar-refractivity contribution >= 4 is 35.4 Å². The topological polar surface area (TPSA) is 181 Å². The largest absolute Gasteiger partial charge is 0.350 e. The minimum Gasteiger partial charge on any atom is -0.350 e. The predicted molar refractivity (Wildman–Crippen MR) is 216 cm³/mol. The molecule has 2 aromatic carbocycles. The summed E-state index contributed by atoms with van der Waals surface area (Å²) in [6.45, 7) is 5.27. The molecule has 306 valence electrons. The lowest BCUT2D eigenvalue weighted by Crippen LogP contribution is -2.54. The number of amides is 6. The van der Waals surface area contributed by atoms with E-state index >= 15 is 0 Å². The number of carbonyl (C=O) groups is 6. The third-order valence-electron chi connectivity index (χ3n) is 11.0. The molecule has 0 bridgehead atoms. The molecule has 6 amide bonds. The number of rotatable bonds is 21. The number of nitrogens with zero attached hydrogens (tertiary/aromatic N) is 2. The van der Waals surface area contributed by atoms with Crippen molar-refractivity contribution in [2.24, 2.45) is 0 Å². The van der Waals surface area contributed by atoms with Crippen LogP contribution in [0.15, 0.2) is 60.7 Å². The minimum atomic E-state index is -0.713. The first-order valence-corrected chi connectivity index (χ1v) is 20.3. The summed E-state index contributed by atoms with van der Waals surface area (Å²) in [4.78, 5) is 82.9. The van der Waals surface area contributed by atoms with E-state index in [0.717, 1.165) is 38.5 Å². The quantitative estimate of drug-likeness (QED) is 0.105. The van der Waals surface area contributed by atoms with E-state index in [2.05, 4.69) is 31.9 Å². The maximum Gasteiger partial charge on any atom is 0.251 e. The van der Waals surface area contributed by atoms with Gasteiger partial charge < -0.3 is 41.7 Å². The predicted octanol–water partition coefficient (Wildman–Crippen LogP) is 2.35. The highest BCUT2D eigenvalue weighted by atomic mass is 16.2. The summed E-state index contributed by atoms with van der Waals surface area (Å²) in [5.74, 6) is -1.19. The van der Waals surface area contributed by atoms with E-state index in [1.807, 2.05) is 36.4 Å². The van der Waals surface area contributed by atoms with Gasteiger partial charge in [0.25, 0.3) is 11.8 Å². The molecule has 2 aliphatic heterocycles. The number of benzene rings is 2. The average molecular weight is 775 g/mol. The fraction of sp³-hybridized carbons (Fsp3) is 0.571. The Morgan fingerprint density at radius 2 is 0.964 bits per heavy atom. The van der Waals surface area contributed by atoms with Gasteiger partial charge in [-0.1, -0.05) is 62.1 Å². The molecule has 2 fully saturated rings. The van der Waals surface area contributed by atoms with Gasteiger partial charge in [-0.3, -0.25) is 28.8 Å². The minimum absolute atomic E-state index is 0.148. The smallest absolute Gasteiger partial charge is 0.251 e. The fourth-order valence-corrected chi connectivity index (χ4v) is 7.30. The molecule has 2 aromatic rings. The molecule has 0 spiro atoms. The summed E-state index contributed by atoms with van der Waals surface area (Å²) in [5, 5.41) is 17.8. The van der Waals surface area contributed by atoms with Crippen LogP contribution in [0, 0.1) is 0 Å². The number of unbranched alkanes of at least 4 members (excludes halogenated alkanes) is 3. The lowest BCUT2D eigenvalue weighted by molar-refractivity contribution is -0.137. The molecular weight excluding hydrogens is 713 g/mol. The molecule has 14 heteroatoms. The molecule has 0 saturated carbocycles. The molecule has 2 saturated heterocycles. The van der Waals surface area contributed by atoms with Crippen molar-refractivity contribution in [1.82, 2.24) is 41.7 Å². The molecule has 14 nitrogen and oxygen atoms in total. The van der Waals surface area contributed by atoms with E-state index in [4.69, 9.17) is 0 Å². The van der Waals surface area contributed by atoms with Gasteiger partial charge in [-0.2, -0.15) is 0 Å². The Kier molecular flexibility index (Phi) is 17.8. The van der Waals surface area contributed by atoms with Crippen molar-refractivity contribution in [2.45, 2.75) is 114 Å². The molecule has 0 radical (unpaired) electrons. The van der Waals surface area contributed by atoms with E-state index in [9.17, 15) is 28.8 Å². The monoisotopic (exact) mass is 774 g/mol. The van der Waals surface area contributed by atoms with Crippen LogP contribution >= 0.6 is 0 Å². The van der Waals surface area contributed by atoms with Crippen molar-refractivity contribution in [1.29, 1.82) is 0 Å². The van der Waals surface area contributed by atoms with Gasteiger partial charge in [-0.25, -0.2) is 0 Å². The van der Waals surface area contributed by atoms with Gasteiger partial charge in [0.05, 0.1) is 12.1 Å². The molecule has 2 aliphatic rings. The van der Waals surface area contributed by atoms with Crippen LogP contribution < -0.4 is 31.9 Å². The lowest BCUT2D eigenvalue weighted by Gasteiger charge is -2.30. The van der Waals surface area contributed by atoms with Crippen molar-refractivity contribution in [3.63, 3.8) is 0 Å². The van der Waals surface area contributed by atoms with Crippen molar-refractivity contribution in [3.05, 3.63) is 71.8 Å². The number of nitrogens with one attached hydrogen (secondary N) is 6. The molecule has 6 N–H and O–H groups in total. The summed E-state index contributed by atoms with van der Waals surface area (Å²) in [5.41, 5.74) is 1.12. The lowest BCUT2D eigenvalue weighted by atomic mass is 10.0. The van der Waals surface area contributed by atoms with Gasteiger partial charge in [0.15, 0.2) is 0 Å². The third kappa shape index (κ3) is 12.9. The van der Waals surface area contributed by atoms with Crippen LogP contribution in [0.5, 0.6) is 0 Å². The summed E-state index contributed by atoms with van der Waals surface area (Å²) < 4.78 is 0. The molecule has 56 heavy (non-hydrogen) atoms. The maximum atomic E-state index is 14.0. The number of hydrogen-bond acceptors (Lipinski definition) is 8. The Hall–Kier alpha value is -4.82. The van der Waals surface area contributed by atoms with Crippen LogP contribution in [-0.2, 0) is 19.2 Å². The standard InChI is InChI=1S/C42H62N8O6/c1-29(43-3)37(51)47-35(41(55)49-25-15-21-33(49)27-45-39(53)31-17-9-7-10-18-31)23-13-5-6-14-24-36(48-38(52)30(2)44-4)42(56)50-26-16-22-34(50)28-46-40(54)32-19-11-8-12-20-32/h7-12,17-20,29-30,33-36,43-44H,5-6,13-16,21-28H2,1-4H3,(H,45,53)(H,46,54)(H,47,51)(H,48,52)/t29-,30-,33-,34-,35-,36-/m0/s1. The Balaban J connectivity index is 1.31. The van der Waals surface area contributed by atoms with E-state index in [0.29, 0.717) is 63.0 Å². The zero-order chi connectivity index (χ0) is 40.5. The van der Waals surface area contributed by atoms with Crippen molar-refractivity contribution < 1.29 is 28.8 Å². The fourth-order valence-electron chi connectivity index (χ4n) is 7.30. The highest BCUT2D eigenvalue weighted by Crippen LogP contribution is 2.22. The van der Waals surface area contributed by atoms with Gasteiger partial charge >= 0.3 is 0 Å². The summed E-state index contributed by atoms with van der Waals surface area (Å²) in [7, 11) is 3.39. The molecule has 0 aromatic heterocycles. The average Bonchev–Trinajstić information content (AvgIpc) is 3.91. The third-order valence-corrected chi connectivity index (χ3v) is 11.0. The number of likely N-dealkylation sites (N-methyl/N-ethyl adjacent to an activating group) is 2. The van der Waals surface area contributed by atoms with Gasteiger partial charge in [0.2, 0.25) is 23.6 Å². The Labute approximate surface area is 331 Å². The molecular formula is C42H62N8O6. The summed E-state index contributed by atoms with van der Waals surface area (Å²) in [6, 6.07) is 15.2. The van der Waals surface area contributed by atoms with Gasteiger partial charge in [0, 0.05) is 49.4 Å². The summed E-state index contributed by atoms with van der Waals surface area (Å²) >= 11 is 0. The Morgan fingerprint density at radius 1 is 0.589 bits per heavy atom. The first-order chi connectivity index (χ1) is 27.0. The zero-order valence-electron chi connectivity index (χ0n) is 33.5. The second kappa shape index (κ2) is 22.7. The van der Waals surface area contributed by atoms with E-state index in [-0.39, 0.29) is 47.5 Å². The first kappa shape index (κ1) is 43.9. The van der Waals surface area contributed by atoms with E-state index in [1.165, 1.54) is 0 Å². The molecule has 6 atom stereocenters. The number of carbonyl (C=O) groups excluding carboxylic acids is 6. The van der Waals surface area contributed by atoms with Crippen LogP contribution in [-0.4, -0.2) is 122 Å². The summed E-state index contributed by atoms with van der Waals surface area (Å²) in [6.07, 6.45) is 6.92. The van der Waals surface area contributed by atoms with Crippen LogP contribution in [0.3, 0.4) is 0 Å². The van der Waals surface area contributed by atoms with Crippen LogP contribution in [0.25, 0.3) is 0 Å². The first-order valence-electron chi connectivity index (χ1n) is 20.3. The highest BCUT2D eigenvalue weighted by molar-refractivity contribution is 5.95. The van der Waals surface area contributed by atoms with E-state index in [1.54, 1.807) is 62.0 Å². The van der Waals surface area contributed by atoms with Crippen molar-refractivity contribution in [2.75, 3.05) is 40.3 Å². The van der Waals surface area contributed by atoms with E-state index < -0.39 is 24.2 Å². The van der Waals surface area contributed by atoms with Gasteiger partial charge in [0.1, 0.15) is 12.1 Å². The number of hydrogen-bond donors (Lipinski definition) is 6. The molecule has 0 unspecified atom stereocenters. The van der Waals surface area contributed by atoms with Crippen molar-refractivity contribution in [3.8, 4) is 0 Å². The molecule has 2 heterocycles. The number of likely N-dealkylation sites (tertiary alicyclic amines) is 2. The Morgan fingerprint density at radius 3 is 1.32 bits per heavy atom. The SMILES string of the molecule is CN[C@@H](C)C(=O)N[C@@H](CCCCCC[C@H](NC(=O)[C@H](C)NC)C(=O)N1CCC[C@H]1CNC(=O)c1ccccc1)C(=O)N1CCC[C@H]1CNC(=O)c1ccccc1. The van der Waals surface area contributed by atoms with Crippen LogP contribution in [0.2, 0.25) is 0 Å². The molecule has 4 rings (SSSR count). The second-order valence-electron chi connectivity index (χ2n) is 14.9. The normalized spacial score (nSPS) is 18.7. The highest BCUT2D eigenvalue weighted by Gasteiger charge is 2.36. The van der Waals surface area contributed by atoms with Crippen LogP contribution in [0.4, 0.5) is 0 Å². The Bertz CT molecular complexity index is 1480.